The van der Waals surface area contributed by atoms with Gasteiger partial charge in [-0.3, -0.25) is 9.89 Å². The molecular formula is C12H17N5O2. The van der Waals surface area contributed by atoms with Crippen molar-refractivity contribution >= 4 is 5.91 Å². The maximum atomic E-state index is 12.2. The van der Waals surface area contributed by atoms with Gasteiger partial charge >= 0.3 is 0 Å². The minimum atomic E-state index is -0.222. The van der Waals surface area contributed by atoms with Crippen molar-refractivity contribution in [2.45, 2.75) is 19.5 Å². The predicted octanol–water partition coefficient (Wildman–Crippen LogP) is 0.744. The Labute approximate surface area is 111 Å². The molecule has 1 unspecified atom stereocenters. The van der Waals surface area contributed by atoms with Gasteiger partial charge in [0, 0.05) is 19.9 Å². The number of hydrogen-bond donors (Lipinski definition) is 2. The van der Waals surface area contributed by atoms with Gasteiger partial charge in [0.2, 0.25) is 0 Å². The van der Waals surface area contributed by atoms with Crippen LogP contribution in [-0.4, -0.2) is 39.4 Å². The Bertz CT molecular complexity index is 520. The lowest BCUT2D eigenvalue weighted by Crippen LogP contribution is -2.29. The lowest BCUT2D eigenvalue weighted by atomic mass is 10.3. The van der Waals surface area contributed by atoms with Gasteiger partial charge in [0.05, 0.1) is 12.6 Å². The number of H-pyrrole nitrogens is 1. The maximum absolute atomic E-state index is 12.2. The lowest BCUT2D eigenvalue weighted by molar-refractivity contribution is 0.0926. The Morgan fingerprint density at radius 1 is 1.63 bits per heavy atom. The normalized spacial score (nSPS) is 12.3. The Morgan fingerprint density at radius 2 is 2.47 bits per heavy atom. The number of nitrogens with one attached hydrogen (secondary N) is 2. The van der Waals surface area contributed by atoms with Crippen LogP contribution in [0.25, 0.3) is 0 Å². The first kappa shape index (κ1) is 13.3. The first-order valence-corrected chi connectivity index (χ1v) is 6.02. The van der Waals surface area contributed by atoms with Gasteiger partial charge in [-0.25, -0.2) is 4.98 Å². The number of aromatic amines is 1. The summed E-state index contributed by atoms with van der Waals surface area (Å²) >= 11 is 0. The molecule has 0 fully saturated rings. The van der Waals surface area contributed by atoms with Crippen molar-refractivity contribution in [1.82, 2.24) is 25.1 Å². The summed E-state index contributed by atoms with van der Waals surface area (Å²) in [5.74, 6) is 0.480. The molecule has 2 rings (SSSR count). The Morgan fingerprint density at radius 3 is 3.16 bits per heavy atom. The molecule has 7 heteroatoms. The van der Waals surface area contributed by atoms with E-state index >= 15 is 0 Å². The molecule has 0 aromatic carbocycles. The van der Waals surface area contributed by atoms with E-state index in [1.807, 2.05) is 23.8 Å². The summed E-state index contributed by atoms with van der Waals surface area (Å²) < 4.78 is 6.87. The van der Waals surface area contributed by atoms with Crippen LogP contribution in [0.15, 0.2) is 24.7 Å². The van der Waals surface area contributed by atoms with E-state index in [9.17, 15) is 4.79 Å². The summed E-state index contributed by atoms with van der Waals surface area (Å²) in [5.41, 5.74) is 0.600. The zero-order chi connectivity index (χ0) is 13.7. The van der Waals surface area contributed by atoms with E-state index in [1.165, 1.54) is 6.33 Å². The highest BCUT2D eigenvalue weighted by molar-refractivity contribution is 5.92. The molecule has 0 aliphatic heterocycles. The highest BCUT2D eigenvalue weighted by Crippen LogP contribution is 2.08. The van der Waals surface area contributed by atoms with Crippen LogP contribution in [-0.2, 0) is 11.3 Å². The number of rotatable bonds is 6. The molecule has 2 heterocycles. The van der Waals surface area contributed by atoms with Gasteiger partial charge < -0.3 is 14.6 Å². The molecule has 102 valence electrons. The van der Waals surface area contributed by atoms with Crippen LogP contribution >= 0.6 is 0 Å². The second kappa shape index (κ2) is 6.14. The standard InChI is InChI=1S/C12H17N5O2/c1-9(11-13-8-14-16-11)15-12(18)10-4-3-5-17(10)6-7-19-2/h3-5,8-9H,6-7H2,1-2H3,(H,15,18)(H,13,14,16). The van der Waals surface area contributed by atoms with Crippen LogP contribution in [0.3, 0.4) is 0 Å². The van der Waals surface area contributed by atoms with Gasteiger partial charge in [-0.15, -0.1) is 0 Å². The highest BCUT2D eigenvalue weighted by Gasteiger charge is 2.15. The molecule has 1 atom stereocenters. The van der Waals surface area contributed by atoms with E-state index < -0.39 is 0 Å². The van der Waals surface area contributed by atoms with Gasteiger partial charge in [0.25, 0.3) is 5.91 Å². The Balaban J connectivity index is 2.01. The lowest BCUT2D eigenvalue weighted by Gasteiger charge is -2.13. The zero-order valence-corrected chi connectivity index (χ0v) is 11.0. The van der Waals surface area contributed by atoms with E-state index in [1.54, 1.807) is 13.2 Å². The van der Waals surface area contributed by atoms with Crippen molar-refractivity contribution in [2.75, 3.05) is 13.7 Å². The Kier molecular flexibility index (Phi) is 4.30. The molecule has 19 heavy (non-hydrogen) atoms. The molecule has 2 aromatic heterocycles. The fourth-order valence-electron chi connectivity index (χ4n) is 1.77. The zero-order valence-electron chi connectivity index (χ0n) is 11.0. The molecule has 7 nitrogen and oxygen atoms in total. The van der Waals surface area contributed by atoms with Gasteiger partial charge in [-0.2, -0.15) is 5.10 Å². The molecule has 0 saturated heterocycles. The molecular weight excluding hydrogens is 246 g/mol. The number of carbonyl (C=O) groups is 1. The van der Waals surface area contributed by atoms with Crippen molar-refractivity contribution in [3.8, 4) is 0 Å². The fourth-order valence-corrected chi connectivity index (χ4v) is 1.77. The molecule has 2 N–H and O–H groups in total. The number of nitrogens with zero attached hydrogens (tertiary/aromatic N) is 3. The molecule has 2 aromatic rings. The van der Waals surface area contributed by atoms with Crippen LogP contribution in [0.4, 0.5) is 0 Å². The van der Waals surface area contributed by atoms with Crippen LogP contribution in [0.5, 0.6) is 0 Å². The summed E-state index contributed by atoms with van der Waals surface area (Å²) in [6, 6.07) is 3.39. The van der Waals surface area contributed by atoms with Crippen molar-refractivity contribution < 1.29 is 9.53 Å². The number of ether oxygens (including phenoxy) is 1. The minimum absolute atomic E-state index is 0.148. The van der Waals surface area contributed by atoms with Crippen LogP contribution in [0.2, 0.25) is 0 Å². The fraction of sp³-hybridized carbons (Fsp3) is 0.417. The third-order valence-corrected chi connectivity index (χ3v) is 2.79. The quantitative estimate of drug-likeness (QED) is 0.805. The molecule has 0 bridgehead atoms. The summed E-state index contributed by atoms with van der Waals surface area (Å²) in [7, 11) is 1.63. The summed E-state index contributed by atoms with van der Waals surface area (Å²) in [5, 5.41) is 9.36. The van der Waals surface area contributed by atoms with E-state index in [0.717, 1.165) is 0 Å². The van der Waals surface area contributed by atoms with Gasteiger partial charge in [0.15, 0.2) is 0 Å². The first-order chi connectivity index (χ1) is 9.22. The molecule has 1 amide bonds. The van der Waals surface area contributed by atoms with Gasteiger partial charge in [-0.1, -0.05) is 0 Å². The van der Waals surface area contributed by atoms with Crippen LogP contribution in [0.1, 0.15) is 29.3 Å². The van der Waals surface area contributed by atoms with Crippen molar-refractivity contribution in [3.05, 3.63) is 36.2 Å². The largest absolute Gasteiger partial charge is 0.383 e. The minimum Gasteiger partial charge on any atom is -0.383 e. The molecule has 0 spiro atoms. The maximum Gasteiger partial charge on any atom is 0.268 e. The average molecular weight is 263 g/mol. The Hall–Kier alpha value is -2.15. The van der Waals surface area contributed by atoms with E-state index in [0.29, 0.717) is 24.7 Å². The first-order valence-electron chi connectivity index (χ1n) is 6.02. The van der Waals surface area contributed by atoms with Crippen molar-refractivity contribution in [2.24, 2.45) is 0 Å². The van der Waals surface area contributed by atoms with E-state index in [-0.39, 0.29) is 11.9 Å². The monoisotopic (exact) mass is 263 g/mol. The number of carbonyl (C=O) groups excluding carboxylic acids is 1. The topological polar surface area (TPSA) is 84.8 Å². The number of methoxy groups -OCH3 is 1. The molecule has 0 aliphatic carbocycles. The van der Waals surface area contributed by atoms with Crippen LogP contribution < -0.4 is 5.32 Å². The number of hydrogen-bond acceptors (Lipinski definition) is 4. The summed E-state index contributed by atoms with van der Waals surface area (Å²) in [6.45, 7) is 3.05. The van der Waals surface area contributed by atoms with E-state index in [4.69, 9.17) is 4.74 Å². The molecule has 0 aliphatic rings. The second-order valence-electron chi connectivity index (χ2n) is 4.15. The summed E-state index contributed by atoms with van der Waals surface area (Å²) in [6.07, 6.45) is 3.27. The second-order valence-corrected chi connectivity index (χ2v) is 4.15. The third kappa shape index (κ3) is 3.19. The van der Waals surface area contributed by atoms with E-state index in [2.05, 4.69) is 20.5 Å². The summed E-state index contributed by atoms with van der Waals surface area (Å²) in [4.78, 5) is 16.2. The predicted molar refractivity (Wildman–Crippen MR) is 68.6 cm³/mol. The van der Waals surface area contributed by atoms with Crippen molar-refractivity contribution in [3.63, 3.8) is 0 Å². The average Bonchev–Trinajstić information content (AvgIpc) is 3.07. The van der Waals surface area contributed by atoms with Gasteiger partial charge in [-0.05, 0) is 19.1 Å². The van der Waals surface area contributed by atoms with Gasteiger partial charge in [0.1, 0.15) is 17.8 Å². The number of aromatic nitrogens is 4. The third-order valence-electron chi connectivity index (χ3n) is 2.79. The number of amides is 1. The van der Waals surface area contributed by atoms with Crippen LogP contribution in [0, 0.1) is 0 Å². The van der Waals surface area contributed by atoms with Crippen molar-refractivity contribution in [1.29, 1.82) is 0 Å². The SMILES string of the molecule is COCCn1cccc1C(=O)NC(C)c1ncn[nH]1. The molecule has 0 radical (unpaired) electrons. The smallest absolute Gasteiger partial charge is 0.268 e. The molecule has 0 saturated carbocycles. The highest BCUT2D eigenvalue weighted by atomic mass is 16.5.